The average Bonchev–Trinajstić information content (AvgIpc) is 3.38. The number of fused-ring (bicyclic) bond motifs is 1. The van der Waals surface area contributed by atoms with Crippen LogP contribution in [-0.2, 0) is 4.79 Å². The van der Waals surface area contributed by atoms with Crippen LogP contribution in [0, 0.1) is 17.2 Å². The van der Waals surface area contributed by atoms with E-state index in [0.29, 0.717) is 17.9 Å². The van der Waals surface area contributed by atoms with E-state index in [1.165, 1.54) is 0 Å². The molecule has 3 heterocycles. The lowest BCUT2D eigenvalue weighted by atomic mass is 9.87. The number of hydrogen-bond donors (Lipinski definition) is 2. The van der Waals surface area contributed by atoms with Gasteiger partial charge in [-0.25, -0.2) is 4.98 Å². The fourth-order valence-corrected chi connectivity index (χ4v) is 3.78. The molecule has 0 aliphatic rings. The number of carboxylic acid groups (broad SMARTS) is 1. The zero-order valence-electron chi connectivity index (χ0n) is 17.9. The van der Waals surface area contributed by atoms with Crippen molar-refractivity contribution in [3.63, 3.8) is 0 Å². The highest BCUT2D eigenvalue weighted by Crippen LogP contribution is 2.29. The molecule has 0 spiro atoms. The molecule has 0 aliphatic heterocycles. The zero-order chi connectivity index (χ0) is 23.2. The highest BCUT2D eigenvalue weighted by Gasteiger charge is 2.29. The third-order valence-electron chi connectivity index (χ3n) is 5.46. The Morgan fingerprint density at radius 3 is 2.79 bits per heavy atom. The SMILES string of the molecule is CCCC(C(=O)O)C(C=Cc1ccc(-c2ccc3ccnc(C#N)c3c2)nc1)c1nn[nH]n1. The topological polar surface area (TPSA) is 141 Å². The molecule has 1 aromatic carbocycles. The molecule has 33 heavy (non-hydrogen) atoms. The van der Waals surface area contributed by atoms with Crippen LogP contribution in [0.3, 0.4) is 0 Å². The molecule has 0 saturated heterocycles. The molecule has 9 nitrogen and oxygen atoms in total. The van der Waals surface area contributed by atoms with Crippen molar-refractivity contribution in [2.24, 2.45) is 5.92 Å². The molecule has 0 aliphatic carbocycles. The van der Waals surface area contributed by atoms with Gasteiger partial charge in [0.2, 0.25) is 0 Å². The van der Waals surface area contributed by atoms with Gasteiger partial charge in [0.1, 0.15) is 11.8 Å². The number of carboxylic acids is 1. The van der Waals surface area contributed by atoms with Gasteiger partial charge >= 0.3 is 5.97 Å². The second kappa shape index (κ2) is 9.78. The fraction of sp³-hybridized carbons (Fsp3) is 0.208. The summed E-state index contributed by atoms with van der Waals surface area (Å²) in [7, 11) is 0. The summed E-state index contributed by atoms with van der Waals surface area (Å²) >= 11 is 0. The van der Waals surface area contributed by atoms with Crippen LogP contribution in [0.1, 0.15) is 42.8 Å². The zero-order valence-corrected chi connectivity index (χ0v) is 17.9. The summed E-state index contributed by atoms with van der Waals surface area (Å²) in [6.07, 6.45) is 8.17. The first-order valence-corrected chi connectivity index (χ1v) is 10.5. The third kappa shape index (κ3) is 4.75. The van der Waals surface area contributed by atoms with Crippen molar-refractivity contribution in [3.8, 4) is 17.3 Å². The lowest BCUT2D eigenvalue weighted by Gasteiger charge is -2.17. The minimum absolute atomic E-state index is 0.342. The molecule has 4 aromatic rings. The number of aromatic amines is 1. The highest BCUT2D eigenvalue weighted by molar-refractivity contribution is 5.90. The number of aliphatic carboxylic acids is 1. The fourth-order valence-electron chi connectivity index (χ4n) is 3.78. The Morgan fingerprint density at radius 1 is 1.24 bits per heavy atom. The number of pyridine rings is 2. The minimum atomic E-state index is -0.896. The van der Waals surface area contributed by atoms with E-state index in [4.69, 9.17) is 0 Å². The number of allylic oxidation sites excluding steroid dienone is 1. The van der Waals surface area contributed by atoms with Crippen molar-refractivity contribution in [2.75, 3.05) is 0 Å². The highest BCUT2D eigenvalue weighted by atomic mass is 16.4. The molecule has 2 unspecified atom stereocenters. The van der Waals surface area contributed by atoms with Crippen LogP contribution < -0.4 is 0 Å². The quantitative estimate of drug-likeness (QED) is 0.420. The lowest BCUT2D eigenvalue weighted by molar-refractivity contribution is -0.142. The van der Waals surface area contributed by atoms with Crippen molar-refractivity contribution >= 4 is 22.8 Å². The Kier molecular flexibility index (Phi) is 6.45. The van der Waals surface area contributed by atoms with Gasteiger partial charge in [0.15, 0.2) is 5.82 Å². The monoisotopic (exact) mass is 439 g/mol. The second-order valence-electron chi connectivity index (χ2n) is 7.57. The van der Waals surface area contributed by atoms with E-state index in [-0.39, 0.29) is 0 Å². The van der Waals surface area contributed by atoms with Crippen molar-refractivity contribution < 1.29 is 9.90 Å². The molecule has 2 atom stereocenters. The number of nitrogens with one attached hydrogen (secondary N) is 1. The van der Waals surface area contributed by atoms with Crippen molar-refractivity contribution in [1.29, 1.82) is 5.26 Å². The molecule has 0 fully saturated rings. The predicted octanol–water partition coefficient (Wildman–Crippen LogP) is 3.98. The number of H-pyrrole nitrogens is 1. The minimum Gasteiger partial charge on any atom is -0.481 e. The third-order valence-corrected chi connectivity index (χ3v) is 5.46. The standard InChI is InChI=1S/C24H21N7O2/c1-2-3-19(24(32)33)18(23-28-30-31-29-23)8-4-15-5-9-21(27-14-15)17-7-6-16-10-11-26-22(13-25)20(16)12-17/h4-12,14,18-19H,2-3H2,1H3,(H,32,33)(H,28,29,30,31). The molecule has 164 valence electrons. The van der Waals surface area contributed by atoms with E-state index < -0.39 is 17.8 Å². The number of nitriles is 1. The Bertz CT molecular complexity index is 1330. The predicted molar refractivity (Wildman–Crippen MR) is 122 cm³/mol. The molecule has 0 radical (unpaired) electrons. The largest absolute Gasteiger partial charge is 0.481 e. The van der Waals surface area contributed by atoms with Crippen LogP contribution in [0.5, 0.6) is 0 Å². The molecule has 9 heteroatoms. The maximum atomic E-state index is 11.8. The number of nitrogens with zero attached hydrogens (tertiary/aromatic N) is 6. The number of aromatic nitrogens is 6. The van der Waals surface area contributed by atoms with E-state index in [9.17, 15) is 15.2 Å². The number of hydrogen-bond acceptors (Lipinski definition) is 7. The Labute approximate surface area is 189 Å². The van der Waals surface area contributed by atoms with Gasteiger partial charge < -0.3 is 5.11 Å². The van der Waals surface area contributed by atoms with Crippen molar-refractivity contribution in [2.45, 2.75) is 25.7 Å². The van der Waals surface area contributed by atoms with Crippen LogP contribution in [0.4, 0.5) is 0 Å². The van der Waals surface area contributed by atoms with E-state index in [1.807, 2.05) is 49.4 Å². The maximum Gasteiger partial charge on any atom is 0.307 e. The van der Waals surface area contributed by atoms with Crippen molar-refractivity contribution in [1.82, 2.24) is 30.6 Å². The first-order chi connectivity index (χ1) is 16.1. The van der Waals surface area contributed by atoms with Gasteiger partial charge in [0.05, 0.1) is 17.5 Å². The first-order valence-electron chi connectivity index (χ1n) is 10.5. The first kappa shape index (κ1) is 21.8. The van der Waals surface area contributed by atoms with Gasteiger partial charge in [0.25, 0.3) is 0 Å². The maximum absolute atomic E-state index is 11.8. The molecule has 3 aromatic heterocycles. The molecule has 0 bridgehead atoms. The van der Waals surface area contributed by atoms with E-state index in [2.05, 4.69) is 36.7 Å². The Hall–Kier alpha value is -4.45. The van der Waals surface area contributed by atoms with Crippen molar-refractivity contribution in [3.05, 3.63) is 71.9 Å². The average molecular weight is 439 g/mol. The summed E-state index contributed by atoms with van der Waals surface area (Å²) in [6, 6.07) is 13.6. The second-order valence-corrected chi connectivity index (χ2v) is 7.57. The normalized spacial score (nSPS) is 13.1. The van der Waals surface area contributed by atoms with Crippen LogP contribution >= 0.6 is 0 Å². The summed E-state index contributed by atoms with van der Waals surface area (Å²) in [5, 5.41) is 34.7. The molecule has 0 amide bonds. The lowest BCUT2D eigenvalue weighted by Crippen LogP contribution is -2.22. The molecular weight excluding hydrogens is 418 g/mol. The van der Waals surface area contributed by atoms with Crippen LogP contribution in [0.25, 0.3) is 28.1 Å². The number of tetrazole rings is 1. The smallest absolute Gasteiger partial charge is 0.307 e. The van der Waals surface area contributed by atoms with Gasteiger partial charge in [-0.05, 0) is 35.6 Å². The summed E-state index contributed by atoms with van der Waals surface area (Å²) < 4.78 is 0. The Balaban J connectivity index is 1.60. The van der Waals surface area contributed by atoms with Gasteiger partial charge in [0, 0.05) is 23.3 Å². The van der Waals surface area contributed by atoms with Gasteiger partial charge in [-0.3, -0.25) is 9.78 Å². The van der Waals surface area contributed by atoms with E-state index in [0.717, 1.165) is 34.0 Å². The molecular formula is C24H21N7O2. The summed E-state index contributed by atoms with van der Waals surface area (Å²) in [5.74, 6) is -1.73. The summed E-state index contributed by atoms with van der Waals surface area (Å²) in [6.45, 7) is 1.94. The summed E-state index contributed by atoms with van der Waals surface area (Å²) in [4.78, 5) is 20.5. The molecule has 2 N–H and O–H groups in total. The van der Waals surface area contributed by atoms with Gasteiger partial charge in [-0.1, -0.05) is 48.9 Å². The van der Waals surface area contributed by atoms with Gasteiger partial charge in [-0.15, -0.1) is 10.2 Å². The van der Waals surface area contributed by atoms with Gasteiger partial charge in [-0.2, -0.15) is 10.5 Å². The van der Waals surface area contributed by atoms with E-state index in [1.54, 1.807) is 18.5 Å². The van der Waals surface area contributed by atoms with Crippen LogP contribution in [0.2, 0.25) is 0 Å². The summed E-state index contributed by atoms with van der Waals surface area (Å²) in [5.41, 5.74) is 2.82. The molecule has 0 saturated carbocycles. The van der Waals surface area contributed by atoms with E-state index >= 15 is 0 Å². The van der Waals surface area contributed by atoms with Crippen LogP contribution in [-0.4, -0.2) is 41.7 Å². The number of rotatable bonds is 8. The van der Waals surface area contributed by atoms with Crippen LogP contribution in [0.15, 0.2) is 54.9 Å². The molecule has 4 rings (SSSR count). The number of benzene rings is 1. The Morgan fingerprint density at radius 2 is 2.12 bits per heavy atom. The number of carbonyl (C=O) groups is 1.